The van der Waals surface area contributed by atoms with E-state index in [2.05, 4.69) is 10.0 Å². The van der Waals surface area contributed by atoms with Gasteiger partial charge in [-0.05, 0) is 74.2 Å². The van der Waals surface area contributed by atoms with E-state index in [1.54, 1.807) is 12.1 Å². The van der Waals surface area contributed by atoms with E-state index >= 15 is 0 Å². The van der Waals surface area contributed by atoms with Gasteiger partial charge in [0.1, 0.15) is 5.75 Å². The fourth-order valence-corrected chi connectivity index (χ4v) is 4.24. The van der Waals surface area contributed by atoms with Crippen molar-refractivity contribution in [1.29, 1.82) is 0 Å². The minimum Gasteiger partial charge on any atom is -0.484 e. The zero-order valence-corrected chi connectivity index (χ0v) is 17.4. The summed E-state index contributed by atoms with van der Waals surface area (Å²) in [5.74, 6) is 0.177. The number of sulfonamides is 1. The molecule has 156 valence electrons. The summed E-state index contributed by atoms with van der Waals surface area (Å²) in [7, 11) is -3.71. The van der Waals surface area contributed by atoms with Crippen molar-refractivity contribution in [3.63, 3.8) is 0 Å². The molecular formula is C21H26N2O5S. The van der Waals surface area contributed by atoms with Crippen molar-refractivity contribution in [2.45, 2.75) is 37.7 Å². The number of ether oxygens (including phenoxy) is 2. The van der Waals surface area contributed by atoms with Crippen LogP contribution in [0.4, 0.5) is 5.69 Å². The second-order valence-electron chi connectivity index (χ2n) is 7.18. The number of hydrogen-bond donors (Lipinski definition) is 2. The standard InChI is InChI=1S/C21H26N2O5S/c1-15-10-16(2)12-17(11-15)23-29(25,26)20-7-5-18(6-8-20)28-14-21(24)22-13-19-4-3-9-27-19/h5-8,10-12,19,23H,3-4,9,13-14H2,1-2H3,(H,22,24)/t19-/m0/s1. The highest BCUT2D eigenvalue weighted by atomic mass is 32.2. The van der Waals surface area contributed by atoms with Crippen molar-refractivity contribution in [3.05, 3.63) is 53.6 Å². The second kappa shape index (κ2) is 9.28. The molecule has 2 aromatic rings. The van der Waals surface area contributed by atoms with Crippen molar-refractivity contribution in [1.82, 2.24) is 5.32 Å². The topological polar surface area (TPSA) is 93.7 Å². The molecule has 1 fully saturated rings. The molecule has 3 rings (SSSR count). The molecule has 1 aliphatic heterocycles. The number of carbonyl (C=O) groups excluding carboxylic acids is 1. The molecule has 0 aromatic heterocycles. The van der Waals surface area contributed by atoms with Gasteiger partial charge in [-0.25, -0.2) is 8.42 Å². The van der Waals surface area contributed by atoms with Crippen molar-refractivity contribution >= 4 is 21.6 Å². The summed E-state index contributed by atoms with van der Waals surface area (Å²) in [6.07, 6.45) is 2.05. The van der Waals surface area contributed by atoms with Crippen LogP contribution >= 0.6 is 0 Å². The van der Waals surface area contributed by atoms with Crippen molar-refractivity contribution in [2.24, 2.45) is 0 Å². The molecule has 1 amide bonds. The van der Waals surface area contributed by atoms with E-state index in [1.165, 1.54) is 24.3 Å². The van der Waals surface area contributed by atoms with Crippen LogP contribution in [0.2, 0.25) is 0 Å². The molecule has 0 saturated carbocycles. The number of amides is 1. The molecule has 1 atom stereocenters. The number of hydrogen-bond acceptors (Lipinski definition) is 5. The maximum atomic E-state index is 12.6. The molecule has 2 aromatic carbocycles. The average molecular weight is 419 g/mol. The Morgan fingerprint density at radius 2 is 1.83 bits per heavy atom. The Balaban J connectivity index is 1.53. The number of rotatable bonds is 8. The summed E-state index contributed by atoms with van der Waals surface area (Å²) in [4.78, 5) is 12.0. The molecule has 0 bridgehead atoms. The van der Waals surface area contributed by atoms with Crippen LogP contribution in [-0.2, 0) is 19.6 Å². The second-order valence-corrected chi connectivity index (χ2v) is 8.86. The lowest BCUT2D eigenvalue weighted by Crippen LogP contribution is -2.35. The minimum absolute atomic E-state index is 0.0770. The van der Waals surface area contributed by atoms with Gasteiger partial charge in [-0.2, -0.15) is 0 Å². The Kier molecular flexibility index (Phi) is 6.76. The first-order valence-electron chi connectivity index (χ1n) is 9.54. The van der Waals surface area contributed by atoms with E-state index in [1.807, 2.05) is 19.9 Å². The lowest BCUT2D eigenvalue weighted by molar-refractivity contribution is -0.123. The van der Waals surface area contributed by atoms with Gasteiger partial charge >= 0.3 is 0 Å². The number of aryl methyl sites for hydroxylation is 2. The third-order valence-electron chi connectivity index (χ3n) is 4.53. The van der Waals surface area contributed by atoms with Gasteiger partial charge in [-0.3, -0.25) is 9.52 Å². The Labute approximate surface area is 171 Å². The van der Waals surface area contributed by atoms with Gasteiger partial charge in [0.05, 0.1) is 11.0 Å². The highest BCUT2D eigenvalue weighted by Crippen LogP contribution is 2.21. The molecule has 0 aliphatic carbocycles. The summed E-state index contributed by atoms with van der Waals surface area (Å²) in [5.41, 5.74) is 2.47. The predicted molar refractivity (Wildman–Crippen MR) is 111 cm³/mol. The van der Waals surface area contributed by atoms with Gasteiger partial charge in [0, 0.05) is 18.8 Å². The number of nitrogens with one attached hydrogen (secondary N) is 2. The van der Waals surface area contributed by atoms with E-state index in [0.717, 1.165) is 30.6 Å². The van der Waals surface area contributed by atoms with Gasteiger partial charge in [-0.1, -0.05) is 6.07 Å². The first-order valence-corrected chi connectivity index (χ1v) is 11.0. The smallest absolute Gasteiger partial charge is 0.261 e. The normalized spacial score (nSPS) is 16.4. The van der Waals surface area contributed by atoms with E-state index in [0.29, 0.717) is 18.0 Å². The lowest BCUT2D eigenvalue weighted by atomic mass is 10.1. The Hall–Kier alpha value is -2.58. The maximum absolute atomic E-state index is 12.6. The highest BCUT2D eigenvalue weighted by Gasteiger charge is 2.17. The molecule has 1 saturated heterocycles. The molecule has 2 N–H and O–H groups in total. The number of benzene rings is 2. The molecule has 0 spiro atoms. The van der Waals surface area contributed by atoms with Crippen LogP contribution in [0, 0.1) is 13.8 Å². The Bertz CT molecular complexity index is 931. The van der Waals surface area contributed by atoms with Crippen LogP contribution < -0.4 is 14.8 Å². The summed E-state index contributed by atoms with van der Waals surface area (Å²) < 4.78 is 38.6. The van der Waals surface area contributed by atoms with Crippen LogP contribution in [0.3, 0.4) is 0 Å². The summed E-state index contributed by atoms with van der Waals surface area (Å²) in [5, 5.41) is 2.77. The molecular weight excluding hydrogens is 392 g/mol. The monoisotopic (exact) mass is 418 g/mol. The van der Waals surface area contributed by atoms with Crippen LogP contribution in [0.1, 0.15) is 24.0 Å². The fourth-order valence-electron chi connectivity index (χ4n) is 3.20. The Morgan fingerprint density at radius 3 is 2.45 bits per heavy atom. The van der Waals surface area contributed by atoms with E-state index < -0.39 is 10.0 Å². The van der Waals surface area contributed by atoms with Gasteiger partial charge in [0.2, 0.25) is 0 Å². The zero-order chi connectivity index (χ0) is 20.9. The molecule has 0 unspecified atom stereocenters. The molecule has 29 heavy (non-hydrogen) atoms. The SMILES string of the molecule is Cc1cc(C)cc(NS(=O)(=O)c2ccc(OCC(=O)NC[C@@H]3CCCO3)cc2)c1. The van der Waals surface area contributed by atoms with Gasteiger partial charge in [0.15, 0.2) is 6.61 Å². The summed E-state index contributed by atoms with van der Waals surface area (Å²) in [6.45, 7) is 4.90. The number of carbonyl (C=O) groups is 1. The van der Waals surface area contributed by atoms with Crippen LogP contribution in [0.5, 0.6) is 5.75 Å². The summed E-state index contributed by atoms with van der Waals surface area (Å²) >= 11 is 0. The fraction of sp³-hybridized carbons (Fsp3) is 0.381. The quantitative estimate of drug-likeness (QED) is 0.688. The van der Waals surface area contributed by atoms with Crippen LogP contribution in [-0.4, -0.2) is 40.2 Å². The molecule has 1 heterocycles. The third-order valence-corrected chi connectivity index (χ3v) is 5.93. The first-order chi connectivity index (χ1) is 13.8. The van der Waals surface area contributed by atoms with Crippen molar-refractivity contribution in [2.75, 3.05) is 24.5 Å². The summed E-state index contributed by atoms with van der Waals surface area (Å²) in [6, 6.07) is 11.5. The highest BCUT2D eigenvalue weighted by molar-refractivity contribution is 7.92. The van der Waals surface area contributed by atoms with E-state index in [9.17, 15) is 13.2 Å². The lowest BCUT2D eigenvalue weighted by Gasteiger charge is -2.12. The minimum atomic E-state index is -3.71. The van der Waals surface area contributed by atoms with Crippen molar-refractivity contribution < 1.29 is 22.7 Å². The molecule has 1 aliphatic rings. The van der Waals surface area contributed by atoms with Gasteiger partial charge in [-0.15, -0.1) is 0 Å². The molecule has 7 nitrogen and oxygen atoms in total. The zero-order valence-electron chi connectivity index (χ0n) is 16.6. The number of anilines is 1. The van der Waals surface area contributed by atoms with Gasteiger partial charge < -0.3 is 14.8 Å². The maximum Gasteiger partial charge on any atom is 0.261 e. The first kappa shape index (κ1) is 21.1. The predicted octanol–water partition coefficient (Wildman–Crippen LogP) is 2.78. The largest absolute Gasteiger partial charge is 0.484 e. The molecule has 8 heteroatoms. The van der Waals surface area contributed by atoms with E-state index in [-0.39, 0.29) is 23.5 Å². The Morgan fingerprint density at radius 1 is 1.14 bits per heavy atom. The average Bonchev–Trinajstić information content (AvgIpc) is 3.17. The van der Waals surface area contributed by atoms with Crippen LogP contribution in [0.25, 0.3) is 0 Å². The molecule has 0 radical (unpaired) electrons. The van der Waals surface area contributed by atoms with Crippen molar-refractivity contribution in [3.8, 4) is 5.75 Å². The van der Waals surface area contributed by atoms with Gasteiger partial charge in [0.25, 0.3) is 15.9 Å². The third kappa shape index (κ3) is 6.20. The van der Waals surface area contributed by atoms with E-state index in [4.69, 9.17) is 9.47 Å². The van der Waals surface area contributed by atoms with Crippen LogP contribution in [0.15, 0.2) is 47.4 Å².